The molecule has 0 spiro atoms. The number of para-hydroxylation sites is 2. The van der Waals surface area contributed by atoms with E-state index in [4.69, 9.17) is 0 Å². The van der Waals surface area contributed by atoms with Gasteiger partial charge in [0.1, 0.15) is 10.0 Å². The molecule has 0 aliphatic carbocycles. The molecule has 0 amide bonds. The van der Waals surface area contributed by atoms with Crippen molar-refractivity contribution in [3.8, 4) is 0 Å². The molecule has 0 aliphatic rings. The lowest BCUT2D eigenvalue weighted by Crippen LogP contribution is -2.08. The average molecular weight is 791 g/mol. The summed E-state index contributed by atoms with van der Waals surface area (Å²) in [5.74, 6) is 1.44. The van der Waals surface area contributed by atoms with Crippen LogP contribution in [0.5, 0.6) is 0 Å². The second kappa shape index (κ2) is 19.4. The van der Waals surface area contributed by atoms with E-state index in [0.29, 0.717) is 5.92 Å². The average Bonchev–Trinajstić information content (AvgIpc) is 3.86. The van der Waals surface area contributed by atoms with Gasteiger partial charge in [0, 0.05) is 32.1 Å². The van der Waals surface area contributed by atoms with Crippen LogP contribution in [-0.4, -0.2) is 0 Å². The van der Waals surface area contributed by atoms with Gasteiger partial charge in [-0.15, -0.1) is 22.7 Å². The normalized spacial score (nSPS) is 12.7. The topological polar surface area (TPSA) is 6.48 Å². The number of hydrogen-bond donors (Lipinski definition) is 0. The molecule has 0 saturated carbocycles. The quantitative estimate of drug-likeness (QED) is 0.0805. The number of unbranched alkanes of at least 4 members (excludes halogenated alkanes) is 2. The fourth-order valence-electron chi connectivity index (χ4n) is 8.59. The highest BCUT2D eigenvalue weighted by molar-refractivity contribution is 7.25. The second-order valence-corrected chi connectivity index (χ2v) is 18.4. The van der Waals surface area contributed by atoms with Gasteiger partial charge in [-0.3, -0.25) is 0 Å². The maximum atomic E-state index is 2.57. The van der Waals surface area contributed by atoms with Crippen LogP contribution in [0, 0.1) is 25.7 Å². The molecule has 0 radical (unpaired) electrons. The lowest BCUT2D eigenvalue weighted by Gasteiger charge is -2.24. The summed E-state index contributed by atoms with van der Waals surface area (Å²) in [7, 11) is 0. The van der Waals surface area contributed by atoms with Gasteiger partial charge in [0.05, 0.1) is 0 Å². The summed E-state index contributed by atoms with van der Waals surface area (Å²) in [6.07, 6.45) is 13.6. The van der Waals surface area contributed by atoms with Crippen LogP contribution >= 0.6 is 22.7 Å². The lowest BCUT2D eigenvalue weighted by atomic mass is 9.89. The SMILES string of the molecule is CCCCC(C)CCc1c2cc(N(c3ccccc3)c3cccc(C)c3)sc2c(CCC(CC)CCCC)c2cc(N(c3ccccc3)c3cccc(C)c3)sc12. The van der Waals surface area contributed by atoms with Crippen molar-refractivity contribution < 1.29 is 0 Å². The summed E-state index contributed by atoms with van der Waals surface area (Å²) in [6.45, 7) is 13.9. The first kappa shape index (κ1) is 40.8. The van der Waals surface area contributed by atoms with Crippen molar-refractivity contribution >= 4 is 75.6 Å². The molecule has 7 aromatic rings. The van der Waals surface area contributed by atoms with Crippen molar-refractivity contribution in [3.63, 3.8) is 0 Å². The van der Waals surface area contributed by atoms with Gasteiger partial charge in [-0.05, 0) is 145 Å². The molecule has 0 fully saturated rings. The molecule has 2 unspecified atom stereocenters. The summed E-state index contributed by atoms with van der Waals surface area (Å²) in [5.41, 5.74) is 10.5. The molecular weight excluding hydrogens is 729 g/mol. The molecule has 7 rings (SSSR count). The Morgan fingerprint density at radius 2 is 0.947 bits per heavy atom. The summed E-state index contributed by atoms with van der Waals surface area (Å²) in [4.78, 5) is 5.00. The molecule has 4 heteroatoms. The van der Waals surface area contributed by atoms with E-state index in [1.54, 1.807) is 11.1 Å². The van der Waals surface area contributed by atoms with Crippen molar-refractivity contribution in [1.82, 2.24) is 0 Å². The van der Waals surface area contributed by atoms with E-state index in [1.807, 2.05) is 22.7 Å². The Balaban J connectivity index is 1.48. The highest BCUT2D eigenvalue weighted by Crippen LogP contribution is 2.51. The van der Waals surface area contributed by atoms with Gasteiger partial charge >= 0.3 is 0 Å². The first-order valence-electron chi connectivity index (χ1n) is 21.7. The van der Waals surface area contributed by atoms with Gasteiger partial charge in [-0.1, -0.05) is 133 Å². The van der Waals surface area contributed by atoms with Crippen molar-refractivity contribution in [2.75, 3.05) is 9.80 Å². The molecular formula is C53H62N2S2. The maximum Gasteiger partial charge on any atom is 0.101 e. The molecule has 0 N–H and O–H groups in total. The second-order valence-electron chi connectivity index (χ2n) is 16.4. The van der Waals surface area contributed by atoms with Crippen LogP contribution in [0.3, 0.4) is 0 Å². The van der Waals surface area contributed by atoms with E-state index in [-0.39, 0.29) is 0 Å². The number of aryl methyl sites for hydroxylation is 4. The van der Waals surface area contributed by atoms with Gasteiger partial charge in [0.15, 0.2) is 0 Å². The smallest absolute Gasteiger partial charge is 0.101 e. The van der Waals surface area contributed by atoms with Crippen molar-refractivity contribution in [2.45, 2.75) is 112 Å². The maximum absolute atomic E-state index is 2.57. The van der Waals surface area contributed by atoms with Crippen LogP contribution in [0.4, 0.5) is 32.8 Å². The Morgan fingerprint density at radius 3 is 1.40 bits per heavy atom. The van der Waals surface area contributed by atoms with Gasteiger partial charge in [0.2, 0.25) is 0 Å². The third kappa shape index (κ3) is 9.51. The van der Waals surface area contributed by atoms with Crippen LogP contribution < -0.4 is 9.80 Å². The molecule has 0 saturated heterocycles. The van der Waals surface area contributed by atoms with Crippen LogP contribution in [0.1, 0.15) is 108 Å². The van der Waals surface area contributed by atoms with E-state index in [1.165, 1.54) is 122 Å². The van der Waals surface area contributed by atoms with E-state index in [2.05, 4.69) is 173 Å². The number of rotatable bonds is 19. The van der Waals surface area contributed by atoms with E-state index in [9.17, 15) is 0 Å². The van der Waals surface area contributed by atoms with Gasteiger partial charge in [-0.25, -0.2) is 0 Å². The molecule has 0 aliphatic heterocycles. The summed E-state index contributed by atoms with van der Waals surface area (Å²) >= 11 is 4.02. The van der Waals surface area contributed by atoms with Gasteiger partial charge in [-0.2, -0.15) is 0 Å². The number of benzene rings is 5. The number of fused-ring (bicyclic) bond motifs is 2. The van der Waals surface area contributed by atoms with E-state index < -0.39 is 0 Å². The molecule has 2 nitrogen and oxygen atoms in total. The Morgan fingerprint density at radius 1 is 0.491 bits per heavy atom. The minimum absolute atomic E-state index is 0.692. The largest absolute Gasteiger partial charge is 0.302 e. The minimum Gasteiger partial charge on any atom is -0.302 e. The number of hydrogen-bond acceptors (Lipinski definition) is 4. The zero-order chi connectivity index (χ0) is 39.7. The Labute approximate surface area is 351 Å². The van der Waals surface area contributed by atoms with Crippen molar-refractivity contribution in [1.29, 1.82) is 0 Å². The minimum atomic E-state index is 0.692. The van der Waals surface area contributed by atoms with E-state index >= 15 is 0 Å². The molecule has 5 aromatic carbocycles. The van der Waals surface area contributed by atoms with Crippen molar-refractivity contribution in [3.05, 3.63) is 144 Å². The Bertz CT molecular complexity index is 2190. The number of anilines is 6. The fourth-order valence-corrected chi connectivity index (χ4v) is 11.2. The molecule has 57 heavy (non-hydrogen) atoms. The zero-order valence-corrected chi connectivity index (χ0v) is 36.8. The molecule has 2 heterocycles. The third-order valence-corrected chi connectivity index (χ3v) is 14.3. The predicted octanol–water partition coefficient (Wildman–Crippen LogP) is 17.6. The molecule has 0 bridgehead atoms. The summed E-state index contributed by atoms with van der Waals surface area (Å²) < 4.78 is 2.97. The fraction of sp³-hybridized carbons (Fsp3) is 0.358. The Kier molecular flexibility index (Phi) is 13.9. The standard InChI is InChI=1S/C53H62N2S2/c1-7-10-20-38(4)30-32-46-48-36-50(54(42-24-14-12-15-25-42)44-28-18-21-39(5)34-44)57-53(48)47(33-31-41(9-3)23-11-8-2)49-37-51(56-52(46)49)55(43-26-16-13-17-27-43)45-29-19-22-40(6)35-45/h12-19,21-22,24-29,34-38,41H,7-11,20,23,30-33H2,1-6H3. The van der Waals surface area contributed by atoms with E-state index in [0.717, 1.165) is 18.8 Å². The van der Waals surface area contributed by atoms with Crippen LogP contribution in [-0.2, 0) is 12.8 Å². The molecule has 2 aromatic heterocycles. The zero-order valence-electron chi connectivity index (χ0n) is 35.2. The number of thiophene rings is 2. The van der Waals surface area contributed by atoms with Crippen LogP contribution in [0.2, 0.25) is 0 Å². The summed E-state index contributed by atoms with van der Waals surface area (Å²) in [6, 6.07) is 45.2. The van der Waals surface area contributed by atoms with Crippen LogP contribution in [0.15, 0.2) is 121 Å². The third-order valence-electron chi connectivity index (χ3n) is 11.9. The van der Waals surface area contributed by atoms with Crippen LogP contribution in [0.25, 0.3) is 20.2 Å². The van der Waals surface area contributed by atoms with Gasteiger partial charge in [0.25, 0.3) is 0 Å². The highest BCUT2D eigenvalue weighted by Gasteiger charge is 2.25. The summed E-state index contributed by atoms with van der Waals surface area (Å²) in [5, 5.41) is 5.52. The lowest BCUT2D eigenvalue weighted by molar-refractivity contribution is 0.423. The first-order valence-corrected chi connectivity index (χ1v) is 23.4. The first-order chi connectivity index (χ1) is 27.9. The molecule has 296 valence electrons. The Hall–Kier alpha value is -4.38. The number of nitrogens with zero attached hydrogens (tertiary/aromatic N) is 2. The monoisotopic (exact) mass is 790 g/mol. The van der Waals surface area contributed by atoms with Crippen molar-refractivity contribution in [2.24, 2.45) is 11.8 Å². The van der Waals surface area contributed by atoms with Gasteiger partial charge < -0.3 is 9.80 Å². The predicted molar refractivity (Wildman–Crippen MR) is 255 cm³/mol. The highest BCUT2D eigenvalue weighted by atomic mass is 32.1. The molecule has 2 atom stereocenters.